The van der Waals surface area contributed by atoms with Crippen LogP contribution in [-0.2, 0) is 4.74 Å². The van der Waals surface area contributed by atoms with Gasteiger partial charge in [-0.1, -0.05) is 6.92 Å². The number of fused-ring (bicyclic) bond motifs is 1. The summed E-state index contributed by atoms with van der Waals surface area (Å²) in [5.41, 5.74) is 6.35. The third kappa shape index (κ3) is 2.32. The first-order valence-corrected chi connectivity index (χ1v) is 7.20. The van der Waals surface area contributed by atoms with Crippen molar-refractivity contribution in [1.29, 1.82) is 5.26 Å². The Labute approximate surface area is 131 Å². The summed E-state index contributed by atoms with van der Waals surface area (Å²) in [5, 5.41) is 39.9. The minimum atomic E-state index is -1.28. The lowest BCUT2D eigenvalue weighted by atomic mass is 10.0. The van der Waals surface area contributed by atoms with Crippen molar-refractivity contribution >= 4 is 16.9 Å². The van der Waals surface area contributed by atoms with Crippen molar-refractivity contribution in [3.05, 3.63) is 18.1 Å². The molecule has 0 spiro atoms. The zero-order valence-corrected chi connectivity index (χ0v) is 12.4. The summed E-state index contributed by atoms with van der Waals surface area (Å²) in [6.45, 7) is 1.74. The van der Waals surface area contributed by atoms with Crippen LogP contribution in [0.25, 0.3) is 11.0 Å². The molecule has 0 aliphatic carbocycles. The number of aromatic nitrogens is 3. The average molecular weight is 319 g/mol. The first-order chi connectivity index (χ1) is 11.0. The number of aliphatic hydroxyl groups is 3. The summed E-state index contributed by atoms with van der Waals surface area (Å²) in [7, 11) is 0. The Morgan fingerprint density at radius 2 is 2.17 bits per heavy atom. The van der Waals surface area contributed by atoms with Gasteiger partial charge < -0.3 is 30.4 Å². The number of hydrogen-bond donors (Lipinski definition) is 4. The van der Waals surface area contributed by atoms with E-state index in [2.05, 4.69) is 9.97 Å². The van der Waals surface area contributed by atoms with E-state index in [0.717, 1.165) is 0 Å². The van der Waals surface area contributed by atoms with Gasteiger partial charge in [0.15, 0.2) is 6.23 Å². The Hall–Kier alpha value is -2.25. The van der Waals surface area contributed by atoms with Crippen LogP contribution >= 0.6 is 0 Å². The van der Waals surface area contributed by atoms with Gasteiger partial charge in [0.1, 0.15) is 42.2 Å². The molecule has 1 fully saturated rings. The Morgan fingerprint density at radius 3 is 2.83 bits per heavy atom. The Morgan fingerprint density at radius 1 is 1.43 bits per heavy atom. The number of rotatable bonds is 3. The molecule has 1 aliphatic heterocycles. The third-order valence-corrected chi connectivity index (χ3v) is 4.11. The fourth-order valence-corrected chi connectivity index (χ4v) is 2.85. The lowest BCUT2D eigenvalue weighted by Gasteiger charge is -2.19. The minimum Gasteiger partial charge on any atom is -0.390 e. The van der Waals surface area contributed by atoms with Crippen LogP contribution in [0.1, 0.15) is 25.1 Å². The first kappa shape index (κ1) is 15.6. The summed E-state index contributed by atoms with van der Waals surface area (Å²) in [6, 6.07) is 2.00. The number of nitrogens with zero attached hydrogens (tertiary/aromatic N) is 4. The molecule has 0 radical (unpaired) electrons. The monoisotopic (exact) mass is 319 g/mol. The van der Waals surface area contributed by atoms with E-state index in [-0.39, 0.29) is 11.4 Å². The van der Waals surface area contributed by atoms with Gasteiger partial charge in [-0.3, -0.25) is 0 Å². The van der Waals surface area contributed by atoms with Gasteiger partial charge >= 0.3 is 0 Å². The Bertz CT molecular complexity index is 770. The van der Waals surface area contributed by atoms with Gasteiger partial charge in [0.2, 0.25) is 0 Å². The van der Waals surface area contributed by atoms with E-state index in [1.807, 2.05) is 6.07 Å². The molecule has 9 heteroatoms. The SMILES string of the molecule is CC[C@@H](O)[C@H]1O[C@@H](n2cc(C#N)c3c(N)ncnc32)[C@H](O)[C@@H]1O. The van der Waals surface area contributed by atoms with Gasteiger partial charge in [-0.25, -0.2) is 9.97 Å². The highest BCUT2D eigenvalue weighted by Crippen LogP contribution is 2.35. The second-order valence-corrected chi connectivity index (χ2v) is 5.47. The van der Waals surface area contributed by atoms with Crippen LogP contribution in [0.4, 0.5) is 5.82 Å². The molecule has 1 aliphatic rings. The molecule has 3 rings (SSSR count). The molecule has 0 aromatic carbocycles. The van der Waals surface area contributed by atoms with Gasteiger partial charge in [0, 0.05) is 6.20 Å². The summed E-state index contributed by atoms with van der Waals surface area (Å²) in [6.07, 6.45) is -2.32. The van der Waals surface area contributed by atoms with E-state index in [1.165, 1.54) is 17.1 Å². The van der Waals surface area contributed by atoms with Crippen LogP contribution in [0.2, 0.25) is 0 Å². The lowest BCUT2D eigenvalue weighted by molar-refractivity contribution is -0.0839. The standard InChI is InChI=1S/C14H17N5O4/c1-2-7(20)11-9(21)10(22)14(23-11)19-4-6(3-15)8-12(16)17-5-18-13(8)19/h4-5,7,9-11,14,20-22H,2H2,1H3,(H2,16,17,18)/t7-,9+,10-,11-,14-/m1/s1. The van der Waals surface area contributed by atoms with Crippen LogP contribution in [0, 0.1) is 11.3 Å². The fourth-order valence-electron chi connectivity index (χ4n) is 2.85. The number of aliphatic hydroxyl groups excluding tert-OH is 3. The van der Waals surface area contributed by atoms with E-state index >= 15 is 0 Å². The number of nitrogen functional groups attached to an aromatic ring is 1. The van der Waals surface area contributed by atoms with E-state index in [9.17, 15) is 20.6 Å². The quantitative estimate of drug-likeness (QED) is 0.578. The van der Waals surface area contributed by atoms with Crippen molar-refractivity contribution in [2.24, 2.45) is 0 Å². The van der Waals surface area contributed by atoms with E-state index in [0.29, 0.717) is 17.5 Å². The summed E-state index contributed by atoms with van der Waals surface area (Å²) in [4.78, 5) is 7.95. The number of anilines is 1. The van der Waals surface area contributed by atoms with Crippen LogP contribution in [0.15, 0.2) is 12.5 Å². The third-order valence-electron chi connectivity index (χ3n) is 4.11. The van der Waals surface area contributed by atoms with Crippen LogP contribution in [-0.4, -0.2) is 54.3 Å². The topological polar surface area (TPSA) is 150 Å². The van der Waals surface area contributed by atoms with Crippen molar-refractivity contribution in [3.8, 4) is 6.07 Å². The number of nitrogens with two attached hydrogens (primary N) is 1. The maximum Gasteiger partial charge on any atom is 0.164 e. The van der Waals surface area contributed by atoms with Gasteiger partial charge in [0.25, 0.3) is 0 Å². The fraction of sp³-hybridized carbons (Fsp3) is 0.500. The molecule has 0 saturated carbocycles. The molecule has 122 valence electrons. The van der Waals surface area contributed by atoms with Crippen molar-refractivity contribution in [1.82, 2.24) is 14.5 Å². The highest BCUT2D eigenvalue weighted by atomic mass is 16.6. The van der Waals surface area contributed by atoms with Crippen LogP contribution in [0.3, 0.4) is 0 Å². The molecule has 2 aromatic heterocycles. The van der Waals surface area contributed by atoms with Crippen molar-refractivity contribution in [3.63, 3.8) is 0 Å². The Balaban J connectivity index is 2.08. The predicted molar refractivity (Wildman–Crippen MR) is 78.9 cm³/mol. The molecule has 1 saturated heterocycles. The van der Waals surface area contributed by atoms with Gasteiger partial charge in [-0.2, -0.15) is 5.26 Å². The van der Waals surface area contributed by atoms with Gasteiger partial charge in [-0.05, 0) is 6.42 Å². The molecular formula is C14H17N5O4. The number of nitriles is 1. The molecule has 9 nitrogen and oxygen atoms in total. The molecule has 23 heavy (non-hydrogen) atoms. The van der Waals surface area contributed by atoms with Crippen molar-refractivity contribution in [2.75, 3.05) is 5.73 Å². The second-order valence-electron chi connectivity index (χ2n) is 5.47. The van der Waals surface area contributed by atoms with Crippen molar-refractivity contribution in [2.45, 2.75) is 44.0 Å². The zero-order valence-electron chi connectivity index (χ0n) is 12.4. The molecule has 5 N–H and O–H groups in total. The van der Waals surface area contributed by atoms with Gasteiger partial charge in [-0.15, -0.1) is 0 Å². The molecule has 2 aromatic rings. The van der Waals surface area contributed by atoms with E-state index < -0.39 is 30.6 Å². The van der Waals surface area contributed by atoms with Crippen molar-refractivity contribution < 1.29 is 20.1 Å². The highest BCUT2D eigenvalue weighted by molar-refractivity contribution is 5.91. The predicted octanol–water partition coefficient (Wildman–Crippen LogP) is -0.725. The largest absolute Gasteiger partial charge is 0.390 e. The van der Waals surface area contributed by atoms with E-state index in [4.69, 9.17) is 10.5 Å². The number of hydrogen-bond acceptors (Lipinski definition) is 8. The zero-order chi connectivity index (χ0) is 16.7. The normalized spacial score (nSPS) is 28.8. The average Bonchev–Trinajstić information content (AvgIpc) is 3.07. The summed E-state index contributed by atoms with van der Waals surface area (Å²) >= 11 is 0. The maximum atomic E-state index is 10.3. The molecule has 0 unspecified atom stereocenters. The molecular weight excluding hydrogens is 302 g/mol. The summed E-state index contributed by atoms with van der Waals surface area (Å²) < 4.78 is 7.07. The molecule has 3 heterocycles. The highest BCUT2D eigenvalue weighted by Gasteiger charge is 2.46. The number of ether oxygens (including phenoxy) is 1. The summed E-state index contributed by atoms with van der Waals surface area (Å²) in [5.74, 6) is 0.142. The van der Waals surface area contributed by atoms with Crippen LogP contribution in [0.5, 0.6) is 0 Å². The first-order valence-electron chi connectivity index (χ1n) is 7.20. The maximum absolute atomic E-state index is 10.3. The smallest absolute Gasteiger partial charge is 0.164 e. The van der Waals surface area contributed by atoms with Crippen LogP contribution < -0.4 is 5.73 Å². The molecule has 0 bridgehead atoms. The minimum absolute atomic E-state index is 0.142. The molecule has 0 amide bonds. The lowest BCUT2D eigenvalue weighted by Crippen LogP contribution is -2.38. The second kappa shape index (κ2) is 5.75. The van der Waals surface area contributed by atoms with Gasteiger partial charge in [0.05, 0.1) is 17.1 Å². The van der Waals surface area contributed by atoms with E-state index in [1.54, 1.807) is 6.92 Å². The molecule has 5 atom stereocenters. The Kier molecular flexibility index (Phi) is 3.91.